The molecule has 0 atom stereocenters. The lowest BCUT2D eigenvalue weighted by Gasteiger charge is -2.12. The Morgan fingerprint density at radius 2 is 1.90 bits per heavy atom. The standard InChI is InChI=1S/C22H25ClN4O3/c1-3-29-20-8-5-15(11-21(20)30-4-2)9-10-26-14-16(13-24)22(28)27-17-6-7-19(25)18(23)12-17/h5-8,11-12,14,26H,3-4,9-10,25H2,1-2H3,(H,27,28)/b16-14-. The number of hydrogen-bond donors (Lipinski definition) is 3. The number of ether oxygens (including phenoxy) is 2. The van der Waals surface area contributed by atoms with E-state index in [1.165, 1.54) is 12.3 Å². The fraction of sp³-hybridized carbons (Fsp3) is 0.273. The number of hydrogen-bond acceptors (Lipinski definition) is 6. The first kappa shape index (κ1) is 22.9. The summed E-state index contributed by atoms with van der Waals surface area (Å²) in [7, 11) is 0. The third-order valence-electron chi connectivity index (χ3n) is 4.04. The monoisotopic (exact) mass is 428 g/mol. The van der Waals surface area contributed by atoms with Crippen LogP contribution in [0.4, 0.5) is 11.4 Å². The average molecular weight is 429 g/mol. The van der Waals surface area contributed by atoms with Crippen molar-refractivity contribution in [2.75, 3.05) is 30.8 Å². The van der Waals surface area contributed by atoms with Gasteiger partial charge in [0.05, 0.1) is 23.9 Å². The smallest absolute Gasteiger partial charge is 0.267 e. The van der Waals surface area contributed by atoms with Crippen molar-refractivity contribution in [3.63, 3.8) is 0 Å². The predicted molar refractivity (Wildman–Crippen MR) is 119 cm³/mol. The number of amides is 1. The van der Waals surface area contributed by atoms with Crippen molar-refractivity contribution >= 4 is 28.9 Å². The summed E-state index contributed by atoms with van der Waals surface area (Å²) in [5.74, 6) is 0.874. The number of halogens is 1. The molecule has 1 amide bonds. The maximum atomic E-state index is 12.3. The molecule has 0 heterocycles. The van der Waals surface area contributed by atoms with Crippen molar-refractivity contribution in [3.8, 4) is 17.6 Å². The van der Waals surface area contributed by atoms with E-state index in [4.69, 9.17) is 26.8 Å². The summed E-state index contributed by atoms with van der Waals surface area (Å²) < 4.78 is 11.2. The number of anilines is 2. The minimum absolute atomic E-state index is 0.0513. The zero-order valence-electron chi connectivity index (χ0n) is 17.0. The minimum atomic E-state index is -0.537. The van der Waals surface area contributed by atoms with Gasteiger partial charge in [-0.3, -0.25) is 4.79 Å². The molecule has 2 rings (SSSR count). The van der Waals surface area contributed by atoms with Gasteiger partial charge in [0.25, 0.3) is 5.91 Å². The highest BCUT2D eigenvalue weighted by atomic mass is 35.5. The van der Waals surface area contributed by atoms with E-state index < -0.39 is 5.91 Å². The first-order valence-electron chi connectivity index (χ1n) is 9.57. The van der Waals surface area contributed by atoms with E-state index >= 15 is 0 Å². The van der Waals surface area contributed by atoms with Gasteiger partial charge in [-0.15, -0.1) is 0 Å². The molecule has 0 aliphatic rings. The number of nitrogens with two attached hydrogens (primary N) is 1. The van der Waals surface area contributed by atoms with E-state index in [1.807, 2.05) is 38.1 Å². The Hall–Kier alpha value is -3.37. The van der Waals surface area contributed by atoms with E-state index in [2.05, 4.69) is 10.6 Å². The Morgan fingerprint density at radius 1 is 1.17 bits per heavy atom. The van der Waals surface area contributed by atoms with Gasteiger partial charge in [0, 0.05) is 18.4 Å². The largest absolute Gasteiger partial charge is 0.490 e. The number of rotatable bonds is 10. The third kappa shape index (κ3) is 6.61. The normalized spacial score (nSPS) is 10.8. The highest BCUT2D eigenvalue weighted by Gasteiger charge is 2.10. The fourth-order valence-corrected chi connectivity index (χ4v) is 2.77. The molecule has 0 saturated carbocycles. The van der Waals surface area contributed by atoms with Crippen molar-refractivity contribution < 1.29 is 14.3 Å². The molecule has 0 fully saturated rings. The molecule has 0 unspecified atom stereocenters. The quantitative estimate of drug-likeness (QED) is 0.229. The van der Waals surface area contributed by atoms with Crippen LogP contribution in [0.25, 0.3) is 0 Å². The molecule has 0 spiro atoms. The molecule has 0 radical (unpaired) electrons. The minimum Gasteiger partial charge on any atom is -0.490 e. The van der Waals surface area contributed by atoms with Crippen molar-refractivity contribution in [3.05, 3.63) is 58.8 Å². The lowest BCUT2D eigenvalue weighted by atomic mass is 10.1. The maximum Gasteiger partial charge on any atom is 0.267 e. The molecule has 2 aromatic rings. The van der Waals surface area contributed by atoms with E-state index in [-0.39, 0.29) is 5.57 Å². The van der Waals surface area contributed by atoms with Crippen LogP contribution in [0.2, 0.25) is 5.02 Å². The van der Waals surface area contributed by atoms with Crippen LogP contribution in [0.3, 0.4) is 0 Å². The molecule has 4 N–H and O–H groups in total. The van der Waals surface area contributed by atoms with Gasteiger partial charge >= 0.3 is 0 Å². The van der Waals surface area contributed by atoms with Crippen LogP contribution in [0.5, 0.6) is 11.5 Å². The molecular weight excluding hydrogens is 404 g/mol. The van der Waals surface area contributed by atoms with Crippen LogP contribution in [-0.2, 0) is 11.2 Å². The first-order valence-corrected chi connectivity index (χ1v) is 9.94. The number of benzene rings is 2. The molecule has 8 heteroatoms. The number of nitriles is 1. The van der Waals surface area contributed by atoms with Crippen LogP contribution in [0.15, 0.2) is 48.2 Å². The van der Waals surface area contributed by atoms with Crippen molar-refractivity contribution in [1.82, 2.24) is 5.32 Å². The zero-order chi connectivity index (χ0) is 21.9. The predicted octanol–water partition coefficient (Wildman–Crippen LogP) is 3.90. The molecule has 2 aromatic carbocycles. The number of nitrogen functional groups attached to an aromatic ring is 1. The Bertz CT molecular complexity index is 954. The summed E-state index contributed by atoms with van der Waals surface area (Å²) in [6, 6.07) is 12.4. The number of carbonyl (C=O) groups excluding carboxylic acids is 1. The lowest BCUT2D eigenvalue weighted by Crippen LogP contribution is -2.18. The Kier molecular flexibility index (Phi) is 8.85. The number of nitrogens with one attached hydrogen (secondary N) is 2. The average Bonchev–Trinajstić information content (AvgIpc) is 2.73. The van der Waals surface area contributed by atoms with Crippen molar-refractivity contribution in [2.24, 2.45) is 0 Å². The van der Waals surface area contributed by atoms with Gasteiger partial charge in [0.15, 0.2) is 11.5 Å². The second-order valence-electron chi connectivity index (χ2n) is 6.21. The molecule has 7 nitrogen and oxygen atoms in total. The zero-order valence-corrected chi connectivity index (χ0v) is 17.8. The fourth-order valence-electron chi connectivity index (χ4n) is 2.59. The van der Waals surface area contributed by atoms with Gasteiger partial charge in [-0.1, -0.05) is 17.7 Å². The summed E-state index contributed by atoms with van der Waals surface area (Å²) in [5.41, 5.74) is 7.51. The van der Waals surface area contributed by atoms with Crippen LogP contribution >= 0.6 is 11.6 Å². The van der Waals surface area contributed by atoms with E-state index in [0.29, 0.717) is 54.1 Å². The van der Waals surface area contributed by atoms with Gasteiger partial charge < -0.3 is 25.8 Å². The second-order valence-corrected chi connectivity index (χ2v) is 6.62. The van der Waals surface area contributed by atoms with Gasteiger partial charge in [0.1, 0.15) is 11.6 Å². The van der Waals surface area contributed by atoms with Gasteiger partial charge in [-0.25, -0.2) is 0 Å². The van der Waals surface area contributed by atoms with Gasteiger partial charge in [-0.2, -0.15) is 5.26 Å². The Labute approximate surface area is 181 Å². The highest BCUT2D eigenvalue weighted by molar-refractivity contribution is 6.33. The van der Waals surface area contributed by atoms with Crippen LogP contribution < -0.4 is 25.8 Å². The van der Waals surface area contributed by atoms with Gasteiger partial charge in [0.2, 0.25) is 0 Å². The molecule has 0 saturated heterocycles. The van der Waals surface area contributed by atoms with E-state index in [0.717, 1.165) is 5.56 Å². The molecule has 0 bridgehead atoms. The third-order valence-corrected chi connectivity index (χ3v) is 4.36. The maximum absolute atomic E-state index is 12.3. The van der Waals surface area contributed by atoms with E-state index in [9.17, 15) is 10.1 Å². The molecule has 0 aliphatic heterocycles. The Balaban J connectivity index is 1.94. The van der Waals surface area contributed by atoms with Gasteiger partial charge in [-0.05, 0) is 56.2 Å². The molecule has 30 heavy (non-hydrogen) atoms. The SMILES string of the molecule is CCOc1ccc(CCN/C=C(/C#N)C(=O)Nc2ccc(N)c(Cl)c2)cc1OCC. The number of nitrogens with zero attached hydrogens (tertiary/aromatic N) is 1. The first-order chi connectivity index (χ1) is 14.5. The molecular formula is C22H25ClN4O3. The lowest BCUT2D eigenvalue weighted by molar-refractivity contribution is -0.112. The van der Waals surface area contributed by atoms with Crippen LogP contribution in [-0.4, -0.2) is 25.7 Å². The highest BCUT2D eigenvalue weighted by Crippen LogP contribution is 2.28. The molecule has 0 aromatic heterocycles. The summed E-state index contributed by atoms with van der Waals surface area (Å²) in [5, 5.41) is 15.2. The van der Waals surface area contributed by atoms with Crippen molar-refractivity contribution in [2.45, 2.75) is 20.3 Å². The summed E-state index contributed by atoms with van der Waals surface area (Å²) in [6.45, 7) is 5.48. The van der Waals surface area contributed by atoms with Crippen LogP contribution in [0, 0.1) is 11.3 Å². The van der Waals surface area contributed by atoms with Crippen LogP contribution in [0.1, 0.15) is 19.4 Å². The second kappa shape index (κ2) is 11.6. The molecule has 158 valence electrons. The topological polar surface area (TPSA) is 109 Å². The van der Waals surface area contributed by atoms with Crippen molar-refractivity contribution in [1.29, 1.82) is 5.26 Å². The Morgan fingerprint density at radius 3 is 2.57 bits per heavy atom. The summed E-state index contributed by atoms with van der Waals surface area (Å²) >= 11 is 5.94. The number of carbonyl (C=O) groups is 1. The summed E-state index contributed by atoms with van der Waals surface area (Å²) in [4.78, 5) is 12.3. The summed E-state index contributed by atoms with van der Waals surface area (Å²) in [6.07, 6.45) is 2.07. The molecule has 0 aliphatic carbocycles. The van der Waals surface area contributed by atoms with E-state index in [1.54, 1.807) is 12.1 Å².